The van der Waals surface area contributed by atoms with Crippen LogP contribution < -0.4 is 5.32 Å². The summed E-state index contributed by atoms with van der Waals surface area (Å²) >= 11 is 0. The van der Waals surface area contributed by atoms with Gasteiger partial charge in [0.1, 0.15) is 11.2 Å². The van der Waals surface area contributed by atoms with Crippen LogP contribution in [0.15, 0.2) is 36.4 Å². The quantitative estimate of drug-likeness (QED) is 0.272. The molecule has 1 saturated heterocycles. The largest absolute Gasteiger partial charge is 0.471 e. The zero-order valence-electron chi connectivity index (χ0n) is 27.2. The van der Waals surface area contributed by atoms with Crippen LogP contribution in [0.3, 0.4) is 0 Å². The number of nitrogens with zero attached hydrogens (tertiary/aromatic N) is 2. The molecule has 0 spiro atoms. The maximum absolute atomic E-state index is 13.8. The number of halogens is 3. The summed E-state index contributed by atoms with van der Waals surface area (Å²) in [7, 11) is 1.31. The Labute approximate surface area is 267 Å². The molecule has 0 radical (unpaired) electrons. The van der Waals surface area contributed by atoms with Gasteiger partial charge in [0.05, 0.1) is 23.9 Å². The summed E-state index contributed by atoms with van der Waals surface area (Å²) in [6.45, 7) is 11.7. The molecule has 0 aromatic heterocycles. The number of rotatable bonds is 5. The van der Waals surface area contributed by atoms with Gasteiger partial charge in [0.15, 0.2) is 0 Å². The monoisotopic (exact) mass is 649 g/mol. The van der Waals surface area contributed by atoms with Crippen molar-refractivity contribution in [3.05, 3.63) is 53.1 Å². The Morgan fingerprint density at radius 3 is 1.89 bits per heavy atom. The van der Waals surface area contributed by atoms with Crippen LogP contribution in [0.4, 0.5) is 28.4 Å². The molecule has 0 unspecified atom stereocenters. The minimum absolute atomic E-state index is 0.0847. The lowest BCUT2D eigenvalue weighted by atomic mass is 9.95. The van der Waals surface area contributed by atoms with Gasteiger partial charge in [-0.25, -0.2) is 9.59 Å². The second-order valence-corrected chi connectivity index (χ2v) is 13.1. The van der Waals surface area contributed by atoms with E-state index in [0.29, 0.717) is 23.2 Å². The standard InChI is InChI=1S/C31H38F3N3O5.C2H4O2/c1-29(2,3)41-27(39)35-25-10-9-20(22-15-21(19-7-8-19)16-23(17-22)31(32,33)34)18-24(25)26(38)36-11-13-37(14-12-36)28(40)42-30(4,5)6;1-4-2-3/h9-10,15-19H,7-8,11-14H2,1-6H3,(H,35,39);2H,1H3. The van der Waals surface area contributed by atoms with E-state index in [1.54, 1.807) is 58.6 Å². The Hall–Kier alpha value is -4.29. The topological polar surface area (TPSA) is 114 Å². The maximum atomic E-state index is 13.8. The van der Waals surface area contributed by atoms with Crippen LogP contribution in [-0.2, 0) is 25.2 Å². The molecule has 1 N–H and O–H groups in total. The summed E-state index contributed by atoms with van der Waals surface area (Å²) in [6.07, 6.45) is -4.10. The molecule has 2 aromatic rings. The third-order valence-electron chi connectivity index (χ3n) is 6.87. The first-order valence-corrected chi connectivity index (χ1v) is 14.9. The van der Waals surface area contributed by atoms with Crippen LogP contribution in [0, 0.1) is 0 Å². The Morgan fingerprint density at radius 2 is 1.39 bits per heavy atom. The van der Waals surface area contributed by atoms with Crippen molar-refractivity contribution < 1.29 is 46.6 Å². The number of hydrogen-bond acceptors (Lipinski definition) is 7. The lowest BCUT2D eigenvalue weighted by Crippen LogP contribution is -2.51. The molecule has 4 rings (SSSR count). The van der Waals surface area contributed by atoms with E-state index in [4.69, 9.17) is 14.3 Å². The fourth-order valence-corrected chi connectivity index (χ4v) is 4.65. The first kappa shape index (κ1) is 36.2. The van der Waals surface area contributed by atoms with E-state index in [-0.39, 0.29) is 43.3 Å². The Balaban J connectivity index is 0.00000136. The Bertz CT molecular complexity index is 1420. The summed E-state index contributed by atoms with van der Waals surface area (Å²) in [6, 6.07) is 8.58. The maximum Gasteiger partial charge on any atom is 0.416 e. The molecule has 46 heavy (non-hydrogen) atoms. The van der Waals surface area contributed by atoms with Gasteiger partial charge in [0.2, 0.25) is 0 Å². The van der Waals surface area contributed by atoms with Crippen molar-refractivity contribution in [3.63, 3.8) is 0 Å². The second-order valence-electron chi connectivity index (χ2n) is 13.1. The van der Waals surface area contributed by atoms with Gasteiger partial charge in [-0.3, -0.25) is 14.9 Å². The van der Waals surface area contributed by atoms with Crippen molar-refractivity contribution in [1.82, 2.24) is 9.80 Å². The third-order valence-corrected chi connectivity index (χ3v) is 6.87. The SMILES string of the molecule is CC(C)(C)OC(=O)Nc1ccc(-c2cc(C3CC3)cc(C(F)(F)F)c2)cc1C(=O)N1CCN(C(=O)OC(C)(C)C)CC1.COC=O. The van der Waals surface area contributed by atoms with Crippen LogP contribution in [0.1, 0.15) is 81.8 Å². The summed E-state index contributed by atoms with van der Waals surface area (Å²) in [5.74, 6) is -0.345. The van der Waals surface area contributed by atoms with Gasteiger partial charge in [-0.1, -0.05) is 12.1 Å². The van der Waals surface area contributed by atoms with Crippen LogP contribution in [-0.4, -0.2) is 78.9 Å². The number of ether oxygens (including phenoxy) is 3. The zero-order chi connectivity index (χ0) is 34.4. The first-order valence-electron chi connectivity index (χ1n) is 14.9. The highest BCUT2D eigenvalue weighted by atomic mass is 19.4. The van der Waals surface area contributed by atoms with Crippen LogP contribution in [0.25, 0.3) is 11.1 Å². The van der Waals surface area contributed by atoms with Crippen molar-refractivity contribution in [2.75, 3.05) is 38.6 Å². The van der Waals surface area contributed by atoms with Crippen LogP contribution in [0.2, 0.25) is 0 Å². The number of piperazine rings is 1. The number of anilines is 1. The van der Waals surface area contributed by atoms with Gasteiger partial charge >= 0.3 is 18.4 Å². The first-order chi connectivity index (χ1) is 21.3. The lowest BCUT2D eigenvalue weighted by molar-refractivity contribution is -0.137. The molecule has 2 aliphatic rings. The second kappa shape index (κ2) is 14.4. The Kier molecular flexibility index (Phi) is 11.3. The average molecular weight is 650 g/mol. The molecular weight excluding hydrogens is 607 g/mol. The van der Waals surface area contributed by atoms with E-state index in [1.807, 2.05) is 0 Å². The minimum atomic E-state index is -4.52. The van der Waals surface area contributed by atoms with Gasteiger partial charge in [-0.15, -0.1) is 0 Å². The van der Waals surface area contributed by atoms with Gasteiger partial charge in [-0.2, -0.15) is 13.2 Å². The van der Waals surface area contributed by atoms with Crippen LogP contribution >= 0.6 is 0 Å². The smallest absolute Gasteiger partial charge is 0.416 e. The van der Waals surface area contributed by atoms with Gasteiger partial charge < -0.3 is 24.0 Å². The molecular formula is C33H42F3N3O7. The van der Waals surface area contributed by atoms with Crippen molar-refractivity contribution in [2.24, 2.45) is 0 Å². The normalized spacial score (nSPS) is 15.3. The minimum Gasteiger partial charge on any atom is -0.471 e. The van der Waals surface area contributed by atoms with E-state index >= 15 is 0 Å². The van der Waals surface area contributed by atoms with Crippen molar-refractivity contribution in [1.29, 1.82) is 0 Å². The number of methoxy groups -OCH3 is 1. The number of alkyl halides is 3. The summed E-state index contributed by atoms with van der Waals surface area (Å²) in [5.41, 5.74) is -0.561. The highest BCUT2D eigenvalue weighted by Gasteiger charge is 2.34. The molecule has 3 amide bonds. The molecule has 0 atom stereocenters. The number of carbonyl (C=O) groups excluding carboxylic acids is 4. The van der Waals surface area contributed by atoms with E-state index in [1.165, 1.54) is 30.2 Å². The van der Waals surface area contributed by atoms with Gasteiger partial charge in [0, 0.05) is 26.2 Å². The van der Waals surface area contributed by atoms with Gasteiger partial charge in [-0.05, 0) is 101 Å². The molecule has 1 aliphatic heterocycles. The molecule has 0 bridgehead atoms. The summed E-state index contributed by atoms with van der Waals surface area (Å²) in [5, 5.41) is 2.62. The van der Waals surface area contributed by atoms with E-state index in [2.05, 4.69) is 10.1 Å². The fourth-order valence-electron chi connectivity index (χ4n) is 4.65. The average Bonchev–Trinajstić information content (AvgIpc) is 3.80. The third kappa shape index (κ3) is 10.7. The zero-order valence-corrected chi connectivity index (χ0v) is 27.2. The van der Waals surface area contributed by atoms with E-state index in [9.17, 15) is 27.6 Å². The van der Waals surface area contributed by atoms with Crippen molar-refractivity contribution >= 4 is 30.3 Å². The molecule has 13 heteroatoms. The number of amides is 3. The predicted molar refractivity (Wildman–Crippen MR) is 165 cm³/mol. The summed E-state index contributed by atoms with van der Waals surface area (Å²) < 4.78 is 55.9. The van der Waals surface area contributed by atoms with Crippen LogP contribution in [0.5, 0.6) is 0 Å². The van der Waals surface area contributed by atoms with Gasteiger partial charge in [0.25, 0.3) is 12.4 Å². The van der Waals surface area contributed by atoms with Crippen molar-refractivity contribution in [2.45, 2.75) is 77.7 Å². The molecule has 2 fully saturated rings. The van der Waals surface area contributed by atoms with E-state index < -0.39 is 41.0 Å². The highest BCUT2D eigenvalue weighted by Crippen LogP contribution is 2.44. The fraction of sp³-hybridized carbons (Fsp3) is 0.515. The molecule has 1 saturated carbocycles. The molecule has 252 valence electrons. The molecule has 1 heterocycles. The predicted octanol–water partition coefficient (Wildman–Crippen LogP) is 7.08. The van der Waals surface area contributed by atoms with E-state index in [0.717, 1.165) is 18.9 Å². The molecule has 10 nitrogen and oxygen atoms in total. The summed E-state index contributed by atoms with van der Waals surface area (Å²) in [4.78, 5) is 50.9. The number of benzene rings is 2. The van der Waals surface area contributed by atoms with Crippen molar-refractivity contribution in [3.8, 4) is 11.1 Å². The highest BCUT2D eigenvalue weighted by molar-refractivity contribution is 6.04. The molecule has 1 aliphatic carbocycles. The number of hydrogen-bond donors (Lipinski definition) is 1. The lowest BCUT2D eigenvalue weighted by Gasteiger charge is -2.36. The molecule has 2 aromatic carbocycles. The number of nitrogens with one attached hydrogen (secondary N) is 1. The Morgan fingerprint density at radius 1 is 0.826 bits per heavy atom. The number of carbonyl (C=O) groups is 4.